The van der Waals surface area contributed by atoms with Crippen LogP contribution in [-0.2, 0) is 0 Å². The fourth-order valence-corrected chi connectivity index (χ4v) is 1.26. The maximum absolute atomic E-state index is 4.48. The second-order valence-corrected chi connectivity index (χ2v) is 3.66. The number of rotatable bonds is 4. The Morgan fingerprint density at radius 2 is 1.53 bits per heavy atom. The van der Waals surface area contributed by atoms with Gasteiger partial charge in [0.05, 0.1) is 13.1 Å². The summed E-state index contributed by atoms with van der Waals surface area (Å²) in [5.41, 5.74) is 3.39. The van der Waals surface area contributed by atoms with Crippen molar-refractivity contribution in [2.75, 3.05) is 13.1 Å². The minimum absolute atomic E-state index is 0.770. The number of hydrogen-bond donors (Lipinski definition) is 0. The van der Waals surface area contributed by atoms with Crippen LogP contribution < -0.4 is 0 Å². The second-order valence-electron chi connectivity index (χ2n) is 3.66. The average molecular weight is 202 g/mol. The molecule has 0 spiro atoms. The second kappa shape index (κ2) is 6.12. The summed E-state index contributed by atoms with van der Waals surface area (Å²) in [7, 11) is 0. The largest absolute Gasteiger partial charge is 0.293 e. The van der Waals surface area contributed by atoms with Gasteiger partial charge in [0.1, 0.15) is 0 Å². The van der Waals surface area contributed by atoms with Gasteiger partial charge in [-0.25, -0.2) is 0 Å². The molecule has 1 aromatic rings. The zero-order chi connectivity index (χ0) is 11.1. The van der Waals surface area contributed by atoms with Gasteiger partial charge in [-0.3, -0.25) is 9.98 Å². The lowest BCUT2D eigenvalue weighted by molar-refractivity contribution is 0.971. The Bertz CT molecular complexity index is 346. The van der Waals surface area contributed by atoms with Crippen molar-refractivity contribution in [3.8, 4) is 0 Å². The van der Waals surface area contributed by atoms with Crippen molar-refractivity contribution in [1.29, 1.82) is 0 Å². The maximum Gasteiger partial charge on any atom is 0.0588 e. The van der Waals surface area contributed by atoms with E-state index in [1.54, 1.807) is 0 Å². The summed E-state index contributed by atoms with van der Waals surface area (Å²) >= 11 is 0. The van der Waals surface area contributed by atoms with E-state index < -0.39 is 0 Å². The molecule has 0 heterocycles. The normalized spacial score (nSPS) is 11.3. The minimum Gasteiger partial charge on any atom is -0.293 e. The molecule has 0 aliphatic rings. The van der Waals surface area contributed by atoms with Crippen molar-refractivity contribution in [3.05, 3.63) is 35.9 Å². The highest BCUT2D eigenvalue weighted by atomic mass is 14.8. The van der Waals surface area contributed by atoms with Crippen LogP contribution in [0.15, 0.2) is 40.3 Å². The van der Waals surface area contributed by atoms with Gasteiger partial charge in [-0.15, -0.1) is 0 Å². The summed E-state index contributed by atoms with van der Waals surface area (Å²) < 4.78 is 0. The zero-order valence-corrected chi connectivity index (χ0v) is 9.70. The average Bonchev–Trinajstić information content (AvgIpc) is 2.25. The van der Waals surface area contributed by atoms with Gasteiger partial charge in [-0.2, -0.15) is 0 Å². The lowest BCUT2D eigenvalue weighted by Gasteiger charge is -1.99. The Labute approximate surface area is 91.8 Å². The van der Waals surface area contributed by atoms with Crippen molar-refractivity contribution in [1.82, 2.24) is 0 Å². The minimum atomic E-state index is 0.770. The van der Waals surface area contributed by atoms with Crippen LogP contribution in [0.4, 0.5) is 0 Å². The van der Waals surface area contributed by atoms with E-state index in [2.05, 4.69) is 22.1 Å². The van der Waals surface area contributed by atoms with Crippen molar-refractivity contribution >= 4 is 11.4 Å². The van der Waals surface area contributed by atoms with Crippen LogP contribution in [0.25, 0.3) is 0 Å². The molecule has 0 radical (unpaired) electrons. The maximum atomic E-state index is 4.48. The smallest absolute Gasteiger partial charge is 0.0588 e. The highest BCUT2D eigenvalue weighted by Crippen LogP contribution is 2.00. The van der Waals surface area contributed by atoms with Crippen molar-refractivity contribution < 1.29 is 0 Å². The van der Waals surface area contributed by atoms with E-state index >= 15 is 0 Å². The van der Waals surface area contributed by atoms with Gasteiger partial charge in [0.25, 0.3) is 0 Å². The number of aliphatic imine (C=N–C) groups is 2. The van der Waals surface area contributed by atoms with Crippen LogP contribution in [0.2, 0.25) is 0 Å². The molecule has 1 aromatic carbocycles. The molecular formula is C13H18N2. The molecule has 0 aromatic heterocycles. The molecule has 0 aliphatic heterocycles. The third kappa shape index (κ3) is 4.54. The highest BCUT2D eigenvalue weighted by Gasteiger charge is 1.93. The van der Waals surface area contributed by atoms with Crippen LogP contribution in [0.1, 0.15) is 26.3 Å². The van der Waals surface area contributed by atoms with Crippen molar-refractivity contribution in [2.45, 2.75) is 20.8 Å². The van der Waals surface area contributed by atoms with E-state index in [0.29, 0.717) is 0 Å². The van der Waals surface area contributed by atoms with Gasteiger partial charge in [0.15, 0.2) is 0 Å². The summed E-state index contributed by atoms with van der Waals surface area (Å²) in [5, 5.41) is 0. The molecule has 0 unspecified atom stereocenters. The van der Waals surface area contributed by atoms with E-state index in [9.17, 15) is 0 Å². The van der Waals surface area contributed by atoms with E-state index in [0.717, 1.165) is 24.5 Å². The van der Waals surface area contributed by atoms with Crippen LogP contribution in [0.3, 0.4) is 0 Å². The summed E-state index contributed by atoms with van der Waals surface area (Å²) in [4.78, 5) is 8.78. The molecule has 0 atom stereocenters. The molecule has 0 saturated carbocycles. The van der Waals surface area contributed by atoms with Crippen LogP contribution in [0, 0.1) is 0 Å². The Morgan fingerprint density at radius 3 is 2.13 bits per heavy atom. The summed E-state index contributed by atoms with van der Waals surface area (Å²) in [6.07, 6.45) is 0. The number of benzene rings is 1. The van der Waals surface area contributed by atoms with Gasteiger partial charge in [-0.05, 0) is 26.3 Å². The third-order valence-corrected chi connectivity index (χ3v) is 2.07. The SMILES string of the molecule is CC(C)=NCCN=C(C)c1ccccc1. The first-order valence-corrected chi connectivity index (χ1v) is 5.24. The van der Waals surface area contributed by atoms with E-state index in [1.165, 1.54) is 5.56 Å². The lowest BCUT2D eigenvalue weighted by Crippen LogP contribution is -1.98. The molecule has 0 N–H and O–H groups in total. The molecule has 0 bridgehead atoms. The van der Waals surface area contributed by atoms with Gasteiger partial charge in [0, 0.05) is 11.4 Å². The van der Waals surface area contributed by atoms with Crippen molar-refractivity contribution in [3.63, 3.8) is 0 Å². The number of hydrogen-bond acceptors (Lipinski definition) is 2. The molecule has 2 nitrogen and oxygen atoms in total. The monoisotopic (exact) mass is 202 g/mol. The molecule has 0 aliphatic carbocycles. The van der Waals surface area contributed by atoms with Crippen LogP contribution in [0.5, 0.6) is 0 Å². The van der Waals surface area contributed by atoms with Crippen molar-refractivity contribution in [2.24, 2.45) is 9.98 Å². The third-order valence-electron chi connectivity index (χ3n) is 2.07. The molecule has 1 rings (SSSR count). The van der Waals surface area contributed by atoms with Gasteiger partial charge in [-0.1, -0.05) is 30.3 Å². The first-order chi connectivity index (χ1) is 7.20. The zero-order valence-electron chi connectivity index (χ0n) is 9.70. The quantitative estimate of drug-likeness (QED) is 0.529. The Morgan fingerprint density at radius 1 is 0.933 bits per heavy atom. The topological polar surface area (TPSA) is 24.7 Å². The van der Waals surface area contributed by atoms with E-state index in [1.807, 2.05) is 39.0 Å². The lowest BCUT2D eigenvalue weighted by atomic mass is 10.1. The van der Waals surface area contributed by atoms with Gasteiger partial charge in [0.2, 0.25) is 0 Å². The summed E-state index contributed by atoms with van der Waals surface area (Å²) in [6, 6.07) is 10.2. The van der Waals surface area contributed by atoms with Gasteiger partial charge < -0.3 is 0 Å². The first kappa shape index (κ1) is 11.6. The summed E-state index contributed by atoms with van der Waals surface area (Å²) in [6.45, 7) is 7.61. The van der Waals surface area contributed by atoms with Crippen LogP contribution >= 0.6 is 0 Å². The molecule has 0 fully saturated rings. The summed E-state index contributed by atoms with van der Waals surface area (Å²) in [5.74, 6) is 0. The first-order valence-electron chi connectivity index (χ1n) is 5.24. The van der Waals surface area contributed by atoms with Gasteiger partial charge >= 0.3 is 0 Å². The molecule has 0 amide bonds. The number of nitrogens with zero attached hydrogens (tertiary/aromatic N) is 2. The van der Waals surface area contributed by atoms with E-state index in [-0.39, 0.29) is 0 Å². The fraction of sp³-hybridized carbons (Fsp3) is 0.385. The standard InChI is InChI=1S/C13H18N2/c1-11(2)14-9-10-15-12(3)13-7-5-4-6-8-13/h4-8H,9-10H2,1-3H3. The fourth-order valence-electron chi connectivity index (χ4n) is 1.26. The molecular weight excluding hydrogens is 184 g/mol. The predicted octanol–water partition coefficient (Wildman–Crippen LogP) is 2.98. The molecule has 80 valence electrons. The molecule has 0 saturated heterocycles. The predicted molar refractivity (Wildman–Crippen MR) is 67.2 cm³/mol. The highest BCUT2D eigenvalue weighted by molar-refractivity contribution is 5.98. The molecule has 2 heteroatoms. The Hall–Kier alpha value is -1.44. The van der Waals surface area contributed by atoms with E-state index in [4.69, 9.17) is 0 Å². The van der Waals surface area contributed by atoms with Crippen LogP contribution in [-0.4, -0.2) is 24.5 Å². The Kier molecular flexibility index (Phi) is 4.75. The molecule has 15 heavy (non-hydrogen) atoms. The Balaban J connectivity index is 2.51.